The molecule has 0 unspecified atom stereocenters. The first-order valence-electron chi connectivity index (χ1n) is 8.90. The highest BCUT2D eigenvalue weighted by molar-refractivity contribution is 7.92. The second kappa shape index (κ2) is 9.16. The number of rotatable bonds is 8. The lowest BCUT2D eigenvalue weighted by Gasteiger charge is -2.17. The Kier molecular flexibility index (Phi) is 6.40. The summed E-state index contributed by atoms with van der Waals surface area (Å²) in [6.07, 6.45) is 2.68. The first-order valence-corrected chi connectivity index (χ1v) is 10.4. The predicted molar refractivity (Wildman–Crippen MR) is 109 cm³/mol. The van der Waals surface area contributed by atoms with Crippen molar-refractivity contribution in [1.82, 2.24) is 9.97 Å². The van der Waals surface area contributed by atoms with E-state index in [2.05, 4.69) is 20.0 Å². The topological polar surface area (TPSA) is 110 Å². The lowest BCUT2D eigenvalue weighted by atomic mass is 10.2. The molecule has 0 saturated carbocycles. The minimum absolute atomic E-state index is 0.0197. The number of anilines is 2. The Morgan fingerprint density at radius 3 is 2.28 bits per heavy atom. The first-order chi connectivity index (χ1) is 14.0. The lowest BCUT2D eigenvalue weighted by Crippen LogP contribution is -2.32. The molecule has 0 saturated heterocycles. The van der Waals surface area contributed by atoms with Gasteiger partial charge in [-0.3, -0.25) is 4.79 Å². The Bertz CT molecular complexity index is 1040. The van der Waals surface area contributed by atoms with Crippen LogP contribution in [0.2, 0.25) is 0 Å². The van der Waals surface area contributed by atoms with Crippen LogP contribution < -0.4 is 14.8 Å². The van der Waals surface area contributed by atoms with Gasteiger partial charge in [0.05, 0.1) is 4.90 Å². The third-order valence-electron chi connectivity index (χ3n) is 3.91. The van der Waals surface area contributed by atoms with Gasteiger partial charge in [0, 0.05) is 18.1 Å². The fourth-order valence-electron chi connectivity index (χ4n) is 2.46. The van der Waals surface area contributed by atoms with Crippen LogP contribution in [0.5, 0.6) is 5.75 Å². The summed E-state index contributed by atoms with van der Waals surface area (Å²) in [6, 6.07) is 16.4. The van der Waals surface area contributed by atoms with Gasteiger partial charge in [-0.25, -0.2) is 23.1 Å². The van der Waals surface area contributed by atoms with Crippen molar-refractivity contribution in [2.45, 2.75) is 24.3 Å². The number of carbonyl (C=O) groups excluding carboxylic acids is 1. The molecule has 1 atom stereocenters. The first kappa shape index (κ1) is 20.3. The maximum atomic E-state index is 12.5. The summed E-state index contributed by atoms with van der Waals surface area (Å²) in [7, 11) is -3.83. The van der Waals surface area contributed by atoms with Crippen LogP contribution in [-0.4, -0.2) is 30.4 Å². The molecule has 0 spiro atoms. The Morgan fingerprint density at radius 2 is 1.66 bits per heavy atom. The van der Waals surface area contributed by atoms with Gasteiger partial charge in [-0.1, -0.05) is 25.1 Å². The van der Waals surface area contributed by atoms with Crippen molar-refractivity contribution >= 4 is 27.6 Å². The minimum Gasteiger partial charge on any atom is -0.481 e. The summed E-state index contributed by atoms with van der Waals surface area (Å²) >= 11 is 0. The van der Waals surface area contributed by atoms with Gasteiger partial charge in [0.25, 0.3) is 15.9 Å². The normalized spacial score (nSPS) is 12.0. The van der Waals surface area contributed by atoms with Crippen molar-refractivity contribution in [1.29, 1.82) is 0 Å². The Labute approximate surface area is 169 Å². The number of carbonyl (C=O) groups is 1. The number of hydrogen-bond acceptors (Lipinski definition) is 6. The molecule has 1 amide bonds. The molecular weight excluding hydrogens is 392 g/mol. The molecule has 29 heavy (non-hydrogen) atoms. The van der Waals surface area contributed by atoms with Crippen LogP contribution in [0, 0.1) is 0 Å². The van der Waals surface area contributed by atoms with E-state index in [-0.39, 0.29) is 16.8 Å². The van der Waals surface area contributed by atoms with Crippen LogP contribution in [0.3, 0.4) is 0 Å². The molecule has 1 aromatic heterocycles. The largest absolute Gasteiger partial charge is 0.481 e. The Morgan fingerprint density at radius 1 is 1.00 bits per heavy atom. The van der Waals surface area contributed by atoms with E-state index in [0.29, 0.717) is 17.9 Å². The fraction of sp³-hybridized carbons (Fsp3) is 0.150. The van der Waals surface area contributed by atoms with E-state index in [9.17, 15) is 13.2 Å². The van der Waals surface area contributed by atoms with Crippen LogP contribution in [0.1, 0.15) is 13.3 Å². The van der Waals surface area contributed by atoms with Crippen molar-refractivity contribution in [3.8, 4) is 5.75 Å². The molecular formula is C20H20N4O4S. The Hall–Kier alpha value is -3.46. The van der Waals surface area contributed by atoms with E-state index in [4.69, 9.17) is 4.74 Å². The van der Waals surface area contributed by atoms with Crippen LogP contribution in [0.15, 0.2) is 78.0 Å². The monoisotopic (exact) mass is 412 g/mol. The summed E-state index contributed by atoms with van der Waals surface area (Å²) in [5.41, 5.74) is 0.458. The molecule has 3 rings (SSSR count). The van der Waals surface area contributed by atoms with Crippen molar-refractivity contribution in [3.63, 3.8) is 0 Å². The SMILES string of the molecule is CC[C@H](Oc1ccccc1)C(=O)Nc1ccc(S(=O)(=O)Nc2ncccn2)cc1. The van der Waals surface area contributed by atoms with E-state index in [1.54, 1.807) is 18.2 Å². The van der Waals surface area contributed by atoms with E-state index in [1.807, 2.05) is 25.1 Å². The number of aromatic nitrogens is 2. The van der Waals surface area contributed by atoms with E-state index < -0.39 is 16.1 Å². The minimum atomic E-state index is -3.83. The standard InChI is InChI=1S/C20H20N4O4S/c1-2-18(28-16-7-4-3-5-8-16)19(25)23-15-9-11-17(12-10-15)29(26,27)24-20-21-13-6-14-22-20/h3-14,18H,2H2,1H3,(H,23,25)(H,21,22,24)/t18-/m0/s1. The summed E-state index contributed by atoms with van der Waals surface area (Å²) < 4.78 is 32.8. The van der Waals surface area contributed by atoms with Crippen molar-refractivity contribution < 1.29 is 17.9 Å². The average Bonchev–Trinajstić information content (AvgIpc) is 2.73. The summed E-state index contributed by atoms with van der Waals surface area (Å²) in [4.78, 5) is 20.2. The third kappa shape index (κ3) is 5.52. The molecule has 3 aromatic rings. The van der Waals surface area contributed by atoms with Gasteiger partial charge < -0.3 is 10.1 Å². The lowest BCUT2D eigenvalue weighted by molar-refractivity contribution is -0.122. The van der Waals surface area contributed by atoms with Gasteiger partial charge in [-0.2, -0.15) is 0 Å². The van der Waals surface area contributed by atoms with Gasteiger partial charge in [0.2, 0.25) is 5.95 Å². The molecule has 0 radical (unpaired) electrons. The fourth-order valence-corrected chi connectivity index (χ4v) is 3.41. The number of para-hydroxylation sites is 1. The zero-order valence-electron chi connectivity index (χ0n) is 15.6. The highest BCUT2D eigenvalue weighted by Crippen LogP contribution is 2.18. The Balaban J connectivity index is 1.65. The van der Waals surface area contributed by atoms with E-state index in [1.165, 1.54) is 36.7 Å². The molecule has 1 heterocycles. The highest BCUT2D eigenvalue weighted by atomic mass is 32.2. The summed E-state index contributed by atoms with van der Waals surface area (Å²) in [6.45, 7) is 1.85. The number of nitrogens with one attached hydrogen (secondary N) is 2. The zero-order chi connectivity index (χ0) is 20.7. The number of sulfonamides is 1. The number of nitrogens with zero attached hydrogens (tertiary/aromatic N) is 2. The van der Waals surface area contributed by atoms with Crippen molar-refractivity contribution in [2.75, 3.05) is 10.0 Å². The van der Waals surface area contributed by atoms with E-state index in [0.717, 1.165) is 0 Å². The summed E-state index contributed by atoms with van der Waals surface area (Å²) in [5, 5.41) is 2.74. The van der Waals surface area contributed by atoms with Gasteiger partial charge in [0.15, 0.2) is 6.10 Å². The van der Waals surface area contributed by atoms with Crippen LogP contribution >= 0.6 is 0 Å². The maximum absolute atomic E-state index is 12.5. The third-order valence-corrected chi connectivity index (χ3v) is 5.25. The molecule has 8 nitrogen and oxygen atoms in total. The highest BCUT2D eigenvalue weighted by Gasteiger charge is 2.19. The second-order valence-corrected chi connectivity index (χ2v) is 7.70. The molecule has 0 bridgehead atoms. The van der Waals surface area contributed by atoms with Crippen molar-refractivity contribution in [2.24, 2.45) is 0 Å². The molecule has 0 aliphatic heterocycles. The molecule has 0 aliphatic carbocycles. The zero-order valence-corrected chi connectivity index (χ0v) is 16.5. The number of hydrogen-bond donors (Lipinski definition) is 2. The molecule has 9 heteroatoms. The molecule has 2 aromatic carbocycles. The predicted octanol–water partition coefficient (Wildman–Crippen LogP) is 3.07. The smallest absolute Gasteiger partial charge is 0.265 e. The molecule has 0 fully saturated rings. The number of benzene rings is 2. The summed E-state index contributed by atoms with van der Waals surface area (Å²) in [5.74, 6) is 0.265. The second-order valence-electron chi connectivity index (χ2n) is 6.02. The van der Waals surface area contributed by atoms with Gasteiger partial charge >= 0.3 is 0 Å². The molecule has 0 aliphatic rings. The molecule has 2 N–H and O–H groups in total. The van der Waals surface area contributed by atoms with Gasteiger partial charge in [-0.05, 0) is 48.9 Å². The average molecular weight is 412 g/mol. The van der Waals surface area contributed by atoms with Crippen molar-refractivity contribution in [3.05, 3.63) is 73.1 Å². The number of amides is 1. The quantitative estimate of drug-likeness (QED) is 0.588. The number of ether oxygens (including phenoxy) is 1. The molecule has 150 valence electrons. The van der Waals surface area contributed by atoms with E-state index >= 15 is 0 Å². The van der Waals surface area contributed by atoms with Crippen LogP contribution in [0.4, 0.5) is 11.6 Å². The van der Waals surface area contributed by atoms with Gasteiger partial charge in [0.1, 0.15) is 5.75 Å². The maximum Gasteiger partial charge on any atom is 0.265 e. The van der Waals surface area contributed by atoms with Gasteiger partial charge in [-0.15, -0.1) is 0 Å². The van der Waals surface area contributed by atoms with Crippen LogP contribution in [0.25, 0.3) is 0 Å². The van der Waals surface area contributed by atoms with Crippen LogP contribution in [-0.2, 0) is 14.8 Å².